The highest BCUT2D eigenvalue weighted by Gasteiger charge is 2.15. The predicted octanol–water partition coefficient (Wildman–Crippen LogP) is 3.59. The number of hydrogen-bond acceptors (Lipinski definition) is 3. The first-order valence-electron chi connectivity index (χ1n) is 4.87. The Balaban J connectivity index is 3.01. The van der Waals surface area contributed by atoms with E-state index < -0.39 is 0 Å². The van der Waals surface area contributed by atoms with Crippen LogP contribution in [0.25, 0.3) is 0 Å². The van der Waals surface area contributed by atoms with Crippen molar-refractivity contribution < 1.29 is 9.47 Å². The SMILES string of the molecule is COc1ccc(OC)c(SC(C)(C)C)c1. The van der Waals surface area contributed by atoms with Gasteiger partial charge in [-0.3, -0.25) is 0 Å². The molecule has 84 valence electrons. The summed E-state index contributed by atoms with van der Waals surface area (Å²) in [7, 11) is 3.36. The van der Waals surface area contributed by atoms with Crippen LogP contribution in [-0.4, -0.2) is 19.0 Å². The Morgan fingerprint density at radius 1 is 1.07 bits per heavy atom. The lowest BCUT2D eigenvalue weighted by Gasteiger charge is -2.19. The maximum atomic E-state index is 5.31. The molecule has 0 bridgehead atoms. The van der Waals surface area contributed by atoms with Gasteiger partial charge in [0.15, 0.2) is 0 Å². The molecule has 0 radical (unpaired) electrons. The molecule has 0 spiro atoms. The van der Waals surface area contributed by atoms with Crippen LogP contribution >= 0.6 is 11.8 Å². The summed E-state index contributed by atoms with van der Waals surface area (Å²) in [4.78, 5) is 1.12. The highest BCUT2D eigenvalue weighted by atomic mass is 32.2. The summed E-state index contributed by atoms with van der Waals surface area (Å²) in [6, 6.07) is 5.85. The first-order valence-corrected chi connectivity index (χ1v) is 5.69. The zero-order valence-corrected chi connectivity index (χ0v) is 10.8. The van der Waals surface area contributed by atoms with Crippen LogP contribution in [0.3, 0.4) is 0 Å². The van der Waals surface area contributed by atoms with Crippen molar-refractivity contribution in [2.75, 3.05) is 14.2 Å². The second-order valence-corrected chi connectivity index (χ2v) is 6.10. The van der Waals surface area contributed by atoms with Crippen LogP contribution in [0, 0.1) is 0 Å². The largest absolute Gasteiger partial charge is 0.497 e. The molecule has 0 unspecified atom stereocenters. The van der Waals surface area contributed by atoms with E-state index in [1.54, 1.807) is 26.0 Å². The molecule has 1 rings (SSSR count). The summed E-state index contributed by atoms with van der Waals surface area (Å²) >= 11 is 1.78. The minimum Gasteiger partial charge on any atom is -0.497 e. The van der Waals surface area contributed by atoms with Gasteiger partial charge >= 0.3 is 0 Å². The van der Waals surface area contributed by atoms with Gasteiger partial charge in [-0.2, -0.15) is 0 Å². The molecule has 0 N–H and O–H groups in total. The molecule has 0 saturated heterocycles. The number of hydrogen-bond donors (Lipinski definition) is 0. The molecule has 0 aliphatic rings. The van der Waals surface area contributed by atoms with Crippen molar-refractivity contribution in [3.8, 4) is 11.5 Å². The van der Waals surface area contributed by atoms with E-state index in [4.69, 9.17) is 9.47 Å². The zero-order chi connectivity index (χ0) is 11.5. The van der Waals surface area contributed by atoms with E-state index in [0.717, 1.165) is 16.4 Å². The second kappa shape index (κ2) is 4.79. The summed E-state index contributed by atoms with van der Waals surface area (Å²) in [5.41, 5.74) is 0. The molecule has 0 heterocycles. The van der Waals surface area contributed by atoms with Gasteiger partial charge in [0.25, 0.3) is 0 Å². The molecule has 0 aliphatic carbocycles. The van der Waals surface area contributed by atoms with Gasteiger partial charge in [-0.15, -0.1) is 11.8 Å². The third kappa shape index (κ3) is 3.67. The van der Waals surface area contributed by atoms with Crippen LogP contribution in [0.15, 0.2) is 23.1 Å². The Morgan fingerprint density at radius 2 is 1.73 bits per heavy atom. The molecule has 0 fully saturated rings. The maximum absolute atomic E-state index is 5.31. The number of rotatable bonds is 3. The molecule has 0 atom stereocenters. The van der Waals surface area contributed by atoms with Crippen molar-refractivity contribution in [2.45, 2.75) is 30.4 Å². The molecule has 0 saturated carbocycles. The number of benzene rings is 1. The van der Waals surface area contributed by atoms with Crippen LogP contribution in [0.5, 0.6) is 11.5 Å². The van der Waals surface area contributed by atoms with E-state index in [1.807, 2.05) is 18.2 Å². The Hall–Kier alpha value is -0.830. The summed E-state index contributed by atoms with van der Waals surface area (Å²) in [6.07, 6.45) is 0. The van der Waals surface area contributed by atoms with Crippen molar-refractivity contribution in [2.24, 2.45) is 0 Å². The molecule has 3 heteroatoms. The van der Waals surface area contributed by atoms with Crippen molar-refractivity contribution in [1.82, 2.24) is 0 Å². The summed E-state index contributed by atoms with van der Waals surface area (Å²) in [5, 5.41) is 0. The van der Waals surface area contributed by atoms with Crippen molar-refractivity contribution in [3.63, 3.8) is 0 Å². The predicted molar refractivity (Wildman–Crippen MR) is 65.2 cm³/mol. The fourth-order valence-electron chi connectivity index (χ4n) is 1.19. The van der Waals surface area contributed by atoms with Crippen molar-refractivity contribution >= 4 is 11.8 Å². The minimum absolute atomic E-state index is 0.166. The van der Waals surface area contributed by atoms with Crippen LogP contribution in [0.1, 0.15) is 20.8 Å². The molecular formula is C12H18O2S. The van der Waals surface area contributed by atoms with Crippen LogP contribution < -0.4 is 9.47 Å². The molecular weight excluding hydrogens is 208 g/mol. The van der Waals surface area contributed by atoms with Gasteiger partial charge in [-0.25, -0.2) is 0 Å². The molecule has 15 heavy (non-hydrogen) atoms. The smallest absolute Gasteiger partial charge is 0.132 e. The van der Waals surface area contributed by atoms with Gasteiger partial charge in [0, 0.05) is 4.75 Å². The maximum Gasteiger partial charge on any atom is 0.132 e. The van der Waals surface area contributed by atoms with Crippen LogP contribution in [0.2, 0.25) is 0 Å². The van der Waals surface area contributed by atoms with Gasteiger partial charge in [-0.05, 0) is 18.2 Å². The fraction of sp³-hybridized carbons (Fsp3) is 0.500. The van der Waals surface area contributed by atoms with Crippen molar-refractivity contribution in [1.29, 1.82) is 0 Å². The van der Waals surface area contributed by atoms with E-state index in [-0.39, 0.29) is 4.75 Å². The Bertz CT molecular complexity index is 329. The van der Waals surface area contributed by atoms with Crippen molar-refractivity contribution in [3.05, 3.63) is 18.2 Å². The lowest BCUT2D eigenvalue weighted by molar-refractivity contribution is 0.394. The van der Waals surface area contributed by atoms with Crippen LogP contribution in [0.4, 0.5) is 0 Å². The summed E-state index contributed by atoms with van der Waals surface area (Å²) in [6.45, 7) is 6.53. The number of ether oxygens (including phenoxy) is 2. The molecule has 0 amide bonds. The number of thioether (sulfide) groups is 1. The normalized spacial score (nSPS) is 11.3. The van der Waals surface area contributed by atoms with Gasteiger partial charge in [0.05, 0.1) is 19.1 Å². The van der Waals surface area contributed by atoms with E-state index >= 15 is 0 Å². The lowest BCUT2D eigenvalue weighted by atomic mass is 10.3. The minimum atomic E-state index is 0.166. The standard InChI is InChI=1S/C12H18O2S/c1-12(2,3)15-11-8-9(13-4)6-7-10(11)14-5/h6-8H,1-5H3. The summed E-state index contributed by atoms with van der Waals surface area (Å²) < 4.78 is 10.7. The average Bonchev–Trinajstić information content (AvgIpc) is 2.15. The van der Waals surface area contributed by atoms with Gasteiger partial charge < -0.3 is 9.47 Å². The molecule has 2 nitrogen and oxygen atoms in total. The van der Waals surface area contributed by atoms with Gasteiger partial charge in [0.2, 0.25) is 0 Å². The molecule has 0 aliphatic heterocycles. The van der Waals surface area contributed by atoms with Crippen LogP contribution in [-0.2, 0) is 0 Å². The lowest BCUT2D eigenvalue weighted by Crippen LogP contribution is -2.07. The zero-order valence-electron chi connectivity index (χ0n) is 9.96. The Morgan fingerprint density at radius 3 is 2.20 bits per heavy atom. The second-order valence-electron chi connectivity index (χ2n) is 4.23. The fourth-order valence-corrected chi connectivity index (χ4v) is 2.28. The quantitative estimate of drug-likeness (QED) is 0.734. The number of methoxy groups -OCH3 is 2. The Labute approximate surface area is 96.0 Å². The first kappa shape index (κ1) is 12.2. The molecule has 1 aromatic carbocycles. The van der Waals surface area contributed by atoms with E-state index in [1.165, 1.54) is 0 Å². The Kier molecular flexibility index (Phi) is 3.91. The van der Waals surface area contributed by atoms with Gasteiger partial charge in [0.1, 0.15) is 11.5 Å². The van der Waals surface area contributed by atoms with E-state index in [9.17, 15) is 0 Å². The average molecular weight is 226 g/mol. The molecule has 0 aromatic heterocycles. The monoisotopic (exact) mass is 226 g/mol. The highest BCUT2D eigenvalue weighted by Crippen LogP contribution is 2.39. The molecule has 1 aromatic rings. The third-order valence-corrected chi connectivity index (χ3v) is 2.94. The van der Waals surface area contributed by atoms with Gasteiger partial charge in [-0.1, -0.05) is 20.8 Å². The highest BCUT2D eigenvalue weighted by molar-refractivity contribution is 8.00. The first-order chi connectivity index (χ1) is 6.96. The summed E-state index contributed by atoms with van der Waals surface area (Å²) in [5.74, 6) is 1.76. The van der Waals surface area contributed by atoms with E-state index in [0.29, 0.717) is 0 Å². The topological polar surface area (TPSA) is 18.5 Å². The van der Waals surface area contributed by atoms with E-state index in [2.05, 4.69) is 20.8 Å². The third-order valence-electron chi connectivity index (χ3n) is 1.79.